The lowest BCUT2D eigenvalue weighted by molar-refractivity contribution is -0.384. The molecule has 1 aromatic heterocycles. The van der Waals surface area contributed by atoms with Gasteiger partial charge in [-0.25, -0.2) is 0 Å². The van der Waals surface area contributed by atoms with E-state index in [-0.39, 0.29) is 5.69 Å². The van der Waals surface area contributed by atoms with Crippen molar-refractivity contribution in [3.05, 3.63) is 52.6 Å². The first-order chi connectivity index (χ1) is 11.0. The molecule has 2 aromatic carbocycles. The summed E-state index contributed by atoms with van der Waals surface area (Å²) in [6, 6.07) is 12.5. The highest BCUT2D eigenvalue weighted by molar-refractivity contribution is 5.89. The average molecular weight is 312 g/mol. The summed E-state index contributed by atoms with van der Waals surface area (Å²) in [5, 5.41) is 12.4. The van der Waals surface area contributed by atoms with Crippen LogP contribution in [0.15, 0.2) is 42.5 Å². The minimum atomic E-state index is -0.393. The largest absolute Gasteiger partial charge is 0.497 e. The van der Waals surface area contributed by atoms with E-state index in [2.05, 4.69) is 0 Å². The maximum Gasteiger partial charge on any atom is 0.282 e. The van der Waals surface area contributed by atoms with Gasteiger partial charge in [0, 0.05) is 18.5 Å². The van der Waals surface area contributed by atoms with E-state index in [4.69, 9.17) is 9.47 Å². The lowest BCUT2D eigenvalue weighted by Gasteiger charge is -2.07. The maximum atomic E-state index is 11.4. The molecular formula is C17H16N2O4. The Kier molecular flexibility index (Phi) is 3.65. The first kappa shape index (κ1) is 14.9. The van der Waals surface area contributed by atoms with Crippen molar-refractivity contribution in [3.8, 4) is 22.8 Å². The van der Waals surface area contributed by atoms with Gasteiger partial charge in [0.1, 0.15) is 11.5 Å². The van der Waals surface area contributed by atoms with E-state index < -0.39 is 4.92 Å². The number of fused-ring (bicyclic) bond motifs is 1. The molecule has 0 bridgehead atoms. The summed E-state index contributed by atoms with van der Waals surface area (Å²) < 4.78 is 12.3. The number of hydrogen-bond donors (Lipinski definition) is 0. The second kappa shape index (κ2) is 5.64. The van der Waals surface area contributed by atoms with Crippen LogP contribution in [0.5, 0.6) is 11.5 Å². The highest BCUT2D eigenvalue weighted by Crippen LogP contribution is 2.36. The molecule has 0 aliphatic carbocycles. The number of nitro benzene ring substituents is 1. The number of nitrogens with zero attached hydrogens (tertiary/aromatic N) is 2. The predicted octanol–water partition coefficient (Wildman–Crippen LogP) is 3.77. The third-order valence-corrected chi connectivity index (χ3v) is 3.93. The molecule has 0 N–H and O–H groups in total. The molecule has 0 aliphatic heterocycles. The molecule has 0 amide bonds. The van der Waals surface area contributed by atoms with Gasteiger partial charge in [-0.05, 0) is 30.3 Å². The Morgan fingerprint density at radius 3 is 2.30 bits per heavy atom. The highest BCUT2D eigenvalue weighted by atomic mass is 16.6. The van der Waals surface area contributed by atoms with Crippen molar-refractivity contribution in [1.82, 2.24) is 4.57 Å². The van der Waals surface area contributed by atoms with Gasteiger partial charge < -0.3 is 14.0 Å². The molecule has 3 rings (SSSR count). The molecule has 118 valence electrons. The van der Waals surface area contributed by atoms with Crippen LogP contribution >= 0.6 is 0 Å². The monoisotopic (exact) mass is 312 g/mol. The normalized spacial score (nSPS) is 10.7. The SMILES string of the molecule is COc1ccc(-c2cc3ccc(OC)cc3n2C)c([N+](=O)[O-])c1. The van der Waals surface area contributed by atoms with Crippen LogP contribution in [-0.4, -0.2) is 23.7 Å². The summed E-state index contributed by atoms with van der Waals surface area (Å²) in [4.78, 5) is 11.0. The molecule has 6 nitrogen and oxygen atoms in total. The van der Waals surface area contributed by atoms with Crippen LogP contribution < -0.4 is 9.47 Å². The molecule has 0 fully saturated rings. The molecular weight excluding hydrogens is 296 g/mol. The first-order valence-electron chi connectivity index (χ1n) is 7.01. The number of hydrogen-bond acceptors (Lipinski definition) is 4. The number of benzene rings is 2. The van der Waals surface area contributed by atoms with Gasteiger partial charge in [0.15, 0.2) is 0 Å². The lowest BCUT2D eigenvalue weighted by Crippen LogP contribution is -1.97. The standard InChI is InChI=1S/C17H16N2O4/c1-18-15-9-12(22-2)5-4-11(15)8-16(18)14-7-6-13(23-3)10-17(14)19(20)21/h4-10H,1-3H3. The van der Waals surface area contributed by atoms with Crippen molar-refractivity contribution < 1.29 is 14.4 Å². The molecule has 23 heavy (non-hydrogen) atoms. The number of aromatic nitrogens is 1. The zero-order valence-electron chi connectivity index (χ0n) is 13.1. The molecule has 0 radical (unpaired) electrons. The lowest BCUT2D eigenvalue weighted by atomic mass is 10.1. The smallest absolute Gasteiger partial charge is 0.282 e. The number of ether oxygens (including phenoxy) is 2. The Labute approximate surface area is 133 Å². The van der Waals surface area contributed by atoms with Gasteiger partial charge in [-0.2, -0.15) is 0 Å². The minimum Gasteiger partial charge on any atom is -0.497 e. The van der Waals surface area contributed by atoms with Gasteiger partial charge in [0.25, 0.3) is 5.69 Å². The summed E-state index contributed by atoms with van der Waals surface area (Å²) in [6.45, 7) is 0. The van der Waals surface area contributed by atoms with Crippen LogP contribution in [0, 0.1) is 10.1 Å². The summed E-state index contributed by atoms with van der Waals surface area (Å²) in [6.07, 6.45) is 0. The molecule has 0 aliphatic rings. The van der Waals surface area contributed by atoms with Crippen molar-refractivity contribution in [3.63, 3.8) is 0 Å². The average Bonchev–Trinajstić information content (AvgIpc) is 2.90. The van der Waals surface area contributed by atoms with E-state index in [1.165, 1.54) is 13.2 Å². The predicted molar refractivity (Wildman–Crippen MR) is 88.1 cm³/mol. The van der Waals surface area contributed by atoms with E-state index in [1.807, 2.05) is 35.9 Å². The maximum absolute atomic E-state index is 11.4. The fourth-order valence-corrected chi connectivity index (χ4v) is 2.70. The van der Waals surface area contributed by atoms with Crippen LogP contribution in [-0.2, 0) is 7.05 Å². The number of aryl methyl sites for hydroxylation is 1. The van der Waals surface area contributed by atoms with Crippen molar-refractivity contribution in [1.29, 1.82) is 0 Å². The molecule has 0 unspecified atom stereocenters. The fraction of sp³-hybridized carbons (Fsp3) is 0.176. The summed E-state index contributed by atoms with van der Waals surface area (Å²) in [5.41, 5.74) is 2.28. The number of rotatable bonds is 4. The molecule has 0 atom stereocenters. The molecule has 6 heteroatoms. The van der Waals surface area contributed by atoms with Gasteiger partial charge in [0.05, 0.1) is 42.0 Å². The summed E-state index contributed by atoms with van der Waals surface area (Å²) >= 11 is 0. The van der Waals surface area contributed by atoms with Gasteiger partial charge in [0.2, 0.25) is 0 Å². The Morgan fingerprint density at radius 2 is 1.65 bits per heavy atom. The molecule has 0 saturated carbocycles. The molecule has 0 spiro atoms. The van der Waals surface area contributed by atoms with Gasteiger partial charge in [-0.15, -0.1) is 0 Å². The Bertz CT molecular complexity index is 899. The van der Waals surface area contributed by atoms with Crippen molar-refractivity contribution in [2.24, 2.45) is 7.05 Å². The Hall–Kier alpha value is -3.02. The van der Waals surface area contributed by atoms with Crippen LogP contribution in [0.4, 0.5) is 5.69 Å². The van der Waals surface area contributed by atoms with Gasteiger partial charge in [-0.1, -0.05) is 0 Å². The van der Waals surface area contributed by atoms with Gasteiger partial charge in [-0.3, -0.25) is 10.1 Å². The van der Waals surface area contributed by atoms with Crippen LogP contribution in [0.3, 0.4) is 0 Å². The highest BCUT2D eigenvalue weighted by Gasteiger charge is 2.20. The van der Waals surface area contributed by atoms with Crippen LogP contribution in [0.25, 0.3) is 22.2 Å². The minimum absolute atomic E-state index is 0.0159. The van der Waals surface area contributed by atoms with E-state index in [9.17, 15) is 10.1 Å². The van der Waals surface area contributed by atoms with Crippen molar-refractivity contribution in [2.75, 3.05) is 14.2 Å². The zero-order chi connectivity index (χ0) is 16.6. The Balaban J connectivity index is 2.24. The first-order valence-corrected chi connectivity index (χ1v) is 7.01. The zero-order valence-corrected chi connectivity index (χ0v) is 13.1. The third-order valence-electron chi connectivity index (χ3n) is 3.93. The fourth-order valence-electron chi connectivity index (χ4n) is 2.70. The van der Waals surface area contributed by atoms with E-state index in [0.29, 0.717) is 11.3 Å². The molecule has 0 saturated heterocycles. The molecule has 1 heterocycles. The van der Waals surface area contributed by atoms with E-state index >= 15 is 0 Å². The summed E-state index contributed by atoms with van der Waals surface area (Å²) in [7, 11) is 4.98. The number of methoxy groups -OCH3 is 2. The topological polar surface area (TPSA) is 66.5 Å². The molecule has 3 aromatic rings. The number of nitro groups is 1. The summed E-state index contributed by atoms with van der Waals surface area (Å²) in [5.74, 6) is 1.20. The van der Waals surface area contributed by atoms with E-state index in [0.717, 1.165) is 22.3 Å². The van der Waals surface area contributed by atoms with Gasteiger partial charge >= 0.3 is 0 Å². The van der Waals surface area contributed by atoms with Crippen molar-refractivity contribution >= 4 is 16.6 Å². The second-order valence-corrected chi connectivity index (χ2v) is 5.15. The quantitative estimate of drug-likeness (QED) is 0.543. The van der Waals surface area contributed by atoms with E-state index in [1.54, 1.807) is 19.2 Å². The second-order valence-electron chi connectivity index (χ2n) is 5.15. The Morgan fingerprint density at radius 1 is 1.00 bits per heavy atom. The van der Waals surface area contributed by atoms with Crippen LogP contribution in [0.1, 0.15) is 0 Å². The third kappa shape index (κ3) is 2.48. The van der Waals surface area contributed by atoms with Crippen LogP contribution in [0.2, 0.25) is 0 Å². The van der Waals surface area contributed by atoms with Crippen molar-refractivity contribution in [2.45, 2.75) is 0 Å².